The number of carbonyl (C=O) groups excluding carboxylic acids is 1. The number of halogens is 1. The Morgan fingerprint density at radius 1 is 1.21 bits per heavy atom. The normalized spacial score (nSPS) is 10.6. The third-order valence-corrected chi connectivity index (χ3v) is 4.52. The van der Waals surface area contributed by atoms with Crippen LogP contribution in [0.3, 0.4) is 0 Å². The fourth-order valence-corrected chi connectivity index (χ4v) is 3.20. The second-order valence-corrected chi connectivity index (χ2v) is 6.45. The van der Waals surface area contributed by atoms with Gasteiger partial charge < -0.3 is 5.32 Å². The second-order valence-electron chi connectivity index (χ2n) is 5.11. The first kappa shape index (κ1) is 16.5. The van der Waals surface area contributed by atoms with Gasteiger partial charge in [-0.15, -0.1) is 5.10 Å². The lowest BCUT2D eigenvalue weighted by Crippen LogP contribution is -2.05. The smallest absolute Gasteiger partial charge is 0.221 e. The zero-order chi connectivity index (χ0) is 16.9. The highest BCUT2D eigenvalue weighted by Crippen LogP contribution is 2.26. The van der Waals surface area contributed by atoms with Crippen LogP contribution in [-0.2, 0) is 10.5 Å². The van der Waals surface area contributed by atoms with Crippen LogP contribution in [0.4, 0.5) is 5.69 Å². The minimum absolute atomic E-state index is 0.0966. The minimum atomic E-state index is -0.0966. The molecule has 0 saturated carbocycles. The number of amides is 1. The molecule has 0 spiro atoms. The van der Waals surface area contributed by atoms with Crippen molar-refractivity contribution in [3.8, 4) is 11.4 Å². The molecule has 3 aromatic rings. The van der Waals surface area contributed by atoms with E-state index < -0.39 is 0 Å². The van der Waals surface area contributed by atoms with E-state index in [-0.39, 0.29) is 5.91 Å². The van der Waals surface area contributed by atoms with Gasteiger partial charge in [-0.2, -0.15) is 0 Å². The van der Waals surface area contributed by atoms with Gasteiger partial charge in [0.15, 0.2) is 5.82 Å². The number of thioether (sulfide) groups is 1. The number of nitrogens with one attached hydrogen (secondary N) is 2. The number of H-pyrrole nitrogens is 1. The third kappa shape index (κ3) is 4.15. The average molecular weight is 359 g/mol. The highest BCUT2D eigenvalue weighted by Gasteiger charge is 2.08. The van der Waals surface area contributed by atoms with E-state index in [4.69, 9.17) is 11.6 Å². The van der Waals surface area contributed by atoms with Crippen molar-refractivity contribution in [3.63, 3.8) is 0 Å². The molecule has 2 N–H and O–H groups in total. The Hall–Kier alpha value is -2.31. The number of aromatic nitrogens is 3. The quantitative estimate of drug-likeness (QED) is 0.664. The van der Waals surface area contributed by atoms with E-state index >= 15 is 0 Å². The minimum Gasteiger partial charge on any atom is -0.326 e. The van der Waals surface area contributed by atoms with Gasteiger partial charge in [-0.25, -0.2) is 4.98 Å². The number of hydrogen-bond acceptors (Lipinski definition) is 4. The second kappa shape index (κ2) is 7.51. The summed E-state index contributed by atoms with van der Waals surface area (Å²) < 4.78 is 0. The van der Waals surface area contributed by atoms with Crippen LogP contribution in [0.15, 0.2) is 53.7 Å². The van der Waals surface area contributed by atoms with Crippen molar-refractivity contribution in [1.82, 2.24) is 15.2 Å². The van der Waals surface area contributed by atoms with Gasteiger partial charge in [0.25, 0.3) is 0 Å². The Balaban J connectivity index is 1.67. The van der Waals surface area contributed by atoms with E-state index in [1.165, 1.54) is 18.7 Å². The van der Waals surface area contributed by atoms with Crippen LogP contribution in [0.1, 0.15) is 12.5 Å². The predicted octanol–water partition coefficient (Wildman–Crippen LogP) is 4.38. The van der Waals surface area contributed by atoms with Gasteiger partial charge in [0.2, 0.25) is 11.1 Å². The van der Waals surface area contributed by atoms with Gasteiger partial charge in [0.05, 0.1) is 0 Å². The van der Waals surface area contributed by atoms with Crippen molar-refractivity contribution in [2.24, 2.45) is 0 Å². The first-order valence-corrected chi connectivity index (χ1v) is 8.65. The Morgan fingerprint density at radius 2 is 1.96 bits per heavy atom. The van der Waals surface area contributed by atoms with E-state index in [1.807, 2.05) is 48.5 Å². The first-order valence-electron chi connectivity index (χ1n) is 7.28. The standard InChI is InChI=1S/C17H15ClN4OS/c1-11(23)19-14-8-6-12(7-9-14)16-20-17(22-21-16)24-10-13-4-2-3-5-15(13)18/h2-9H,10H2,1H3,(H,19,23)(H,20,21,22). The van der Waals surface area contributed by atoms with Crippen LogP contribution < -0.4 is 5.32 Å². The number of aromatic amines is 1. The highest BCUT2D eigenvalue weighted by molar-refractivity contribution is 7.98. The Bertz CT molecular complexity index is 848. The summed E-state index contributed by atoms with van der Waals surface area (Å²) >= 11 is 7.67. The van der Waals surface area contributed by atoms with Crippen LogP contribution >= 0.6 is 23.4 Å². The van der Waals surface area contributed by atoms with Crippen molar-refractivity contribution in [2.75, 3.05) is 5.32 Å². The molecule has 0 saturated heterocycles. The van der Waals surface area contributed by atoms with Crippen molar-refractivity contribution in [1.29, 1.82) is 0 Å². The summed E-state index contributed by atoms with van der Waals surface area (Å²) in [5, 5.41) is 11.3. The number of benzene rings is 2. The van der Waals surface area contributed by atoms with Gasteiger partial charge in [-0.05, 0) is 35.9 Å². The Kier molecular flexibility index (Phi) is 5.17. The lowest BCUT2D eigenvalue weighted by molar-refractivity contribution is -0.114. The van der Waals surface area contributed by atoms with Crippen molar-refractivity contribution in [2.45, 2.75) is 17.8 Å². The molecule has 24 heavy (non-hydrogen) atoms. The summed E-state index contributed by atoms with van der Waals surface area (Å²) in [6, 6.07) is 15.2. The van der Waals surface area contributed by atoms with Gasteiger partial charge in [0, 0.05) is 29.0 Å². The molecular formula is C17H15ClN4OS. The summed E-state index contributed by atoms with van der Waals surface area (Å²) in [7, 11) is 0. The van der Waals surface area contributed by atoms with E-state index in [9.17, 15) is 4.79 Å². The summed E-state index contributed by atoms with van der Waals surface area (Å²) in [4.78, 5) is 15.5. The zero-order valence-corrected chi connectivity index (χ0v) is 14.5. The molecule has 0 bridgehead atoms. The monoisotopic (exact) mass is 358 g/mol. The number of anilines is 1. The molecule has 2 aromatic carbocycles. The molecule has 122 valence electrons. The van der Waals surface area contributed by atoms with Crippen LogP contribution in [0.25, 0.3) is 11.4 Å². The van der Waals surface area contributed by atoms with Gasteiger partial charge in [-0.3, -0.25) is 9.89 Å². The molecule has 1 aromatic heterocycles. The highest BCUT2D eigenvalue weighted by atomic mass is 35.5. The zero-order valence-electron chi connectivity index (χ0n) is 12.9. The number of rotatable bonds is 5. The molecule has 3 rings (SSSR count). The van der Waals surface area contributed by atoms with E-state index in [1.54, 1.807) is 0 Å². The van der Waals surface area contributed by atoms with Crippen molar-refractivity contribution < 1.29 is 4.79 Å². The molecule has 0 fully saturated rings. The van der Waals surface area contributed by atoms with Gasteiger partial charge in [-0.1, -0.05) is 41.6 Å². The number of hydrogen-bond donors (Lipinski definition) is 2. The first-order chi connectivity index (χ1) is 11.6. The maximum Gasteiger partial charge on any atom is 0.221 e. The van der Waals surface area contributed by atoms with Crippen LogP contribution in [0.2, 0.25) is 5.02 Å². The third-order valence-electron chi connectivity index (χ3n) is 3.26. The average Bonchev–Trinajstić information content (AvgIpc) is 3.03. The Labute approximate surface area is 148 Å². The maximum absolute atomic E-state index is 11.0. The lowest BCUT2D eigenvalue weighted by atomic mass is 10.2. The summed E-state index contributed by atoms with van der Waals surface area (Å²) in [5.41, 5.74) is 2.70. The molecule has 0 atom stereocenters. The fraction of sp³-hybridized carbons (Fsp3) is 0.118. The number of nitrogens with zero attached hydrogens (tertiary/aromatic N) is 2. The van der Waals surface area contributed by atoms with Gasteiger partial charge in [0.1, 0.15) is 0 Å². The predicted molar refractivity (Wildman–Crippen MR) is 97.1 cm³/mol. The molecule has 0 aliphatic rings. The topological polar surface area (TPSA) is 70.7 Å². The molecule has 0 aliphatic carbocycles. The molecule has 5 nitrogen and oxygen atoms in total. The lowest BCUT2D eigenvalue weighted by Gasteiger charge is -2.02. The van der Waals surface area contributed by atoms with E-state index in [2.05, 4.69) is 20.5 Å². The van der Waals surface area contributed by atoms with Crippen LogP contribution in [0, 0.1) is 0 Å². The van der Waals surface area contributed by atoms with E-state index in [0.29, 0.717) is 16.7 Å². The molecule has 1 heterocycles. The maximum atomic E-state index is 11.0. The summed E-state index contributed by atoms with van der Waals surface area (Å²) in [5.74, 6) is 1.30. The van der Waals surface area contributed by atoms with Gasteiger partial charge >= 0.3 is 0 Å². The fourth-order valence-electron chi connectivity index (χ4n) is 2.11. The van der Waals surface area contributed by atoms with Crippen molar-refractivity contribution in [3.05, 3.63) is 59.1 Å². The largest absolute Gasteiger partial charge is 0.326 e. The molecule has 0 aliphatic heterocycles. The Morgan fingerprint density at radius 3 is 2.67 bits per heavy atom. The number of carbonyl (C=O) groups is 1. The molecule has 7 heteroatoms. The molecule has 1 amide bonds. The van der Waals surface area contributed by atoms with Crippen LogP contribution in [0.5, 0.6) is 0 Å². The molecular weight excluding hydrogens is 344 g/mol. The van der Waals surface area contributed by atoms with Crippen molar-refractivity contribution >= 4 is 35.0 Å². The van der Waals surface area contributed by atoms with Crippen LogP contribution in [-0.4, -0.2) is 21.1 Å². The SMILES string of the molecule is CC(=O)Nc1ccc(-c2nc(SCc3ccccc3Cl)n[nH]2)cc1. The summed E-state index contributed by atoms with van der Waals surface area (Å²) in [6.45, 7) is 1.48. The molecule has 0 radical (unpaired) electrons. The molecule has 0 unspecified atom stereocenters. The van der Waals surface area contributed by atoms with E-state index in [0.717, 1.165) is 21.8 Å². The summed E-state index contributed by atoms with van der Waals surface area (Å²) in [6.07, 6.45) is 0.